The summed E-state index contributed by atoms with van der Waals surface area (Å²) in [5.41, 5.74) is 2.54. The summed E-state index contributed by atoms with van der Waals surface area (Å²) in [6.07, 6.45) is 6.00. The van der Waals surface area contributed by atoms with Crippen LogP contribution in [0.5, 0.6) is 0 Å². The second kappa shape index (κ2) is 8.45. The number of carbonyl (C=O) groups is 1. The minimum absolute atomic E-state index is 0.0128. The van der Waals surface area contributed by atoms with Gasteiger partial charge in [0.15, 0.2) is 0 Å². The van der Waals surface area contributed by atoms with Crippen molar-refractivity contribution < 1.29 is 13.2 Å². The average Bonchev–Trinajstić information content (AvgIpc) is 2.68. The molecule has 2 aromatic carbocycles. The molecule has 0 atom stereocenters. The number of anilines is 2. The maximum Gasteiger partial charge on any atom is 0.264 e. The molecule has 0 radical (unpaired) electrons. The van der Waals surface area contributed by atoms with Gasteiger partial charge in [0.25, 0.3) is 10.0 Å². The van der Waals surface area contributed by atoms with Gasteiger partial charge in [0.05, 0.1) is 4.90 Å². The number of nitrogens with zero attached hydrogens (tertiary/aromatic N) is 2. The molecular formula is C20H18N4O3S. The van der Waals surface area contributed by atoms with Crippen molar-refractivity contribution in [2.24, 2.45) is 0 Å². The lowest BCUT2D eigenvalue weighted by molar-refractivity contribution is -0.111. The van der Waals surface area contributed by atoms with Crippen molar-refractivity contribution >= 4 is 33.6 Å². The van der Waals surface area contributed by atoms with Crippen molar-refractivity contribution in [3.8, 4) is 0 Å². The van der Waals surface area contributed by atoms with E-state index in [1.165, 1.54) is 42.7 Å². The molecule has 0 aliphatic heterocycles. The van der Waals surface area contributed by atoms with Crippen molar-refractivity contribution in [1.82, 2.24) is 9.97 Å². The Morgan fingerprint density at radius 2 is 1.61 bits per heavy atom. The van der Waals surface area contributed by atoms with Gasteiger partial charge in [-0.05, 0) is 48.9 Å². The summed E-state index contributed by atoms with van der Waals surface area (Å²) in [4.78, 5) is 19.7. The highest BCUT2D eigenvalue weighted by atomic mass is 32.2. The third-order valence-corrected chi connectivity index (χ3v) is 5.07. The molecule has 0 aliphatic carbocycles. The van der Waals surface area contributed by atoms with E-state index in [4.69, 9.17) is 0 Å². The highest BCUT2D eigenvalue weighted by Gasteiger charge is 2.15. The van der Waals surface area contributed by atoms with E-state index in [0.29, 0.717) is 5.69 Å². The van der Waals surface area contributed by atoms with Crippen LogP contribution in [0, 0.1) is 6.92 Å². The van der Waals surface area contributed by atoms with Crippen molar-refractivity contribution in [2.75, 3.05) is 10.0 Å². The van der Waals surface area contributed by atoms with Crippen LogP contribution >= 0.6 is 0 Å². The molecule has 1 heterocycles. The summed E-state index contributed by atoms with van der Waals surface area (Å²) in [7, 11) is -3.81. The van der Waals surface area contributed by atoms with Crippen molar-refractivity contribution in [3.05, 3.63) is 84.2 Å². The lowest BCUT2D eigenvalue weighted by Gasteiger charge is -2.07. The Hall–Kier alpha value is -3.52. The van der Waals surface area contributed by atoms with Crippen LogP contribution in [0.3, 0.4) is 0 Å². The smallest absolute Gasteiger partial charge is 0.264 e. The molecule has 142 valence electrons. The molecule has 0 bridgehead atoms. The summed E-state index contributed by atoms with van der Waals surface area (Å²) < 4.78 is 26.9. The van der Waals surface area contributed by atoms with Crippen LogP contribution in [0.25, 0.3) is 6.08 Å². The fourth-order valence-electron chi connectivity index (χ4n) is 2.28. The van der Waals surface area contributed by atoms with Crippen molar-refractivity contribution in [1.29, 1.82) is 0 Å². The number of amides is 1. The highest BCUT2D eigenvalue weighted by molar-refractivity contribution is 7.92. The first-order valence-corrected chi connectivity index (χ1v) is 9.86. The quantitative estimate of drug-likeness (QED) is 0.625. The van der Waals surface area contributed by atoms with Gasteiger partial charge in [-0.3, -0.25) is 4.79 Å². The summed E-state index contributed by atoms with van der Waals surface area (Å²) >= 11 is 0. The van der Waals surface area contributed by atoms with Crippen LogP contribution in [0.4, 0.5) is 11.6 Å². The fourth-order valence-corrected chi connectivity index (χ4v) is 3.24. The standard InChI is InChI=1S/C20H18N4O3S/c1-15-3-5-16(6-4-15)7-12-19(25)23-17-8-10-18(11-9-17)28(26,27)24-20-21-13-2-14-22-20/h2-14H,1H3,(H,23,25)(H,21,22,24). The van der Waals surface area contributed by atoms with Crippen LogP contribution in [-0.4, -0.2) is 24.3 Å². The van der Waals surface area contributed by atoms with Crippen LogP contribution in [0.2, 0.25) is 0 Å². The van der Waals surface area contributed by atoms with E-state index < -0.39 is 10.0 Å². The molecule has 0 saturated carbocycles. The number of rotatable bonds is 6. The second-order valence-corrected chi connectivity index (χ2v) is 7.62. The third kappa shape index (κ3) is 5.24. The summed E-state index contributed by atoms with van der Waals surface area (Å²) in [5.74, 6) is -0.326. The molecule has 3 rings (SSSR count). The van der Waals surface area contributed by atoms with Crippen LogP contribution in [0.15, 0.2) is 78.0 Å². The summed E-state index contributed by atoms with van der Waals surface area (Å²) in [6.45, 7) is 1.99. The molecule has 0 aliphatic rings. The van der Waals surface area contributed by atoms with Crippen molar-refractivity contribution in [3.63, 3.8) is 0 Å². The van der Waals surface area contributed by atoms with Gasteiger partial charge in [-0.1, -0.05) is 29.8 Å². The van der Waals surface area contributed by atoms with E-state index in [1.54, 1.807) is 12.1 Å². The van der Waals surface area contributed by atoms with E-state index in [-0.39, 0.29) is 16.8 Å². The number of benzene rings is 2. The van der Waals surface area contributed by atoms with Gasteiger partial charge in [-0.2, -0.15) is 0 Å². The normalized spacial score (nSPS) is 11.3. The minimum atomic E-state index is -3.81. The molecule has 2 N–H and O–H groups in total. The summed E-state index contributed by atoms with van der Waals surface area (Å²) in [5, 5.41) is 2.69. The number of sulfonamides is 1. The highest BCUT2D eigenvalue weighted by Crippen LogP contribution is 2.16. The lowest BCUT2D eigenvalue weighted by Crippen LogP contribution is -2.15. The second-order valence-electron chi connectivity index (χ2n) is 5.94. The van der Waals surface area contributed by atoms with E-state index in [2.05, 4.69) is 20.0 Å². The van der Waals surface area contributed by atoms with Gasteiger partial charge >= 0.3 is 0 Å². The first-order chi connectivity index (χ1) is 13.4. The number of nitrogens with one attached hydrogen (secondary N) is 2. The monoisotopic (exact) mass is 394 g/mol. The first-order valence-electron chi connectivity index (χ1n) is 8.38. The predicted octanol–water partition coefficient (Wildman–Crippen LogP) is 3.24. The zero-order chi connectivity index (χ0) is 20.0. The van der Waals surface area contributed by atoms with Crippen LogP contribution in [0.1, 0.15) is 11.1 Å². The molecule has 0 fully saturated rings. The van der Waals surface area contributed by atoms with E-state index >= 15 is 0 Å². The first kappa shape index (κ1) is 19.2. The number of aromatic nitrogens is 2. The van der Waals surface area contributed by atoms with Crippen LogP contribution < -0.4 is 10.0 Å². The Labute approximate surface area is 163 Å². The van der Waals surface area contributed by atoms with E-state index in [0.717, 1.165) is 11.1 Å². The molecule has 1 aromatic heterocycles. The minimum Gasteiger partial charge on any atom is -0.323 e. The lowest BCUT2D eigenvalue weighted by atomic mass is 10.1. The molecule has 0 saturated heterocycles. The van der Waals surface area contributed by atoms with Gasteiger partial charge in [0, 0.05) is 24.2 Å². The fraction of sp³-hybridized carbons (Fsp3) is 0.0500. The maximum absolute atomic E-state index is 12.3. The molecule has 8 heteroatoms. The van der Waals surface area contributed by atoms with Gasteiger partial charge in [-0.25, -0.2) is 23.1 Å². The molecule has 7 nitrogen and oxygen atoms in total. The summed E-state index contributed by atoms with van der Waals surface area (Å²) in [6, 6.07) is 15.2. The molecule has 1 amide bonds. The zero-order valence-corrected chi connectivity index (χ0v) is 15.8. The van der Waals surface area contributed by atoms with Gasteiger partial charge in [0.2, 0.25) is 11.9 Å². The average molecular weight is 394 g/mol. The van der Waals surface area contributed by atoms with E-state index in [1.807, 2.05) is 31.2 Å². The Morgan fingerprint density at radius 3 is 2.25 bits per heavy atom. The number of hydrogen-bond acceptors (Lipinski definition) is 5. The Morgan fingerprint density at radius 1 is 0.964 bits per heavy atom. The molecule has 0 unspecified atom stereocenters. The predicted molar refractivity (Wildman–Crippen MR) is 108 cm³/mol. The molecule has 0 spiro atoms. The SMILES string of the molecule is Cc1ccc(C=CC(=O)Nc2ccc(S(=O)(=O)Nc3ncccn3)cc2)cc1. The third-order valence-electron chi connectivity index (χ3n) is 3.73. The van der Waals surface area contributed by atoms with Gasteiger partial charge in [0.1, 0.15) is 0 Å². The topological polar surface area (TPSA) is 101 Å². The number of aryl methyl sites for hydroxylation is 1. The van der Waals surface area contributed by atoms with Crippen molar-refractivity contribution in [2.45, 2.75) is 11.8 Å². The Kier molecular flexibility index (Phi) is 5.81. The molecule has 3 aromatic rings. The van der Waals surface area contributed by atoms with Gasteiger partial charge < -0.3 is 5.32 Å². The van der Waals surface area contributed by atoms with Gasteiger partial charge in [-0.15, -0.1) is 0 Å². The Balaban J connectivity index is 1.63. The van der Waals surface area contributed by atoms with Crippen LogP contribution in [-0.2, 0) is 14.8 Å². The Bertz CT molecular complexity index is 1080. The largest absolute Gasteiger partial charge is 0.323 e. The van der Waals surface area contributed by atoms with E-state index in [9.17, 15) is 13.2 Å². The zero-order valence-electron chi connectivity index (χ0n) is 15.0. The molecular weight excluding hydrogens is 376 g/mol. The number of carbonyl (C=O) groups excluding carboxylic acids is 1. The maximum atomic E-state index is 12.3. The molecule has 28 heavy (non-hydrogen) atoms. The number of hydrogen-bond donors (Lipinski definition) is 2.